The van der Waals surface area contributed by atoms with Gasteiger partial charge >= 0.3 is 0 Å². The first-order valence-corrected chi connectivity index (χ1v) is 4.77. The first-order valence-electron chi connectivity index (χ1n) is 4.26. The van der Waals surface area contributed by atoms with Crippen LogP contribution < -0.4 is 10.3 Å². The van der Waals surface area contributed by atoms with E-state index < -0.39 is 0 Å². The molecule has 0 spiro atoms. The number of nitrogens with zero attached hydrogens (tertiary/aromatic N) is 2. The summed E-state index contributed by atoms with van der Waals surface area (Å²) in [5.41, 5.74) is 1.24. The number of hydrazine groups is 1. The molecule has 0 saturated carbocycles. The topological polar surface area (TPSA) is 18.5 Å². The first kappa shape index (κ1) is 8.87. The Hall–Kier alpha value is -0.710. The standard InChI is InChI=1S/C9H13N3S/c1-11-7-10-9(13)12(11)8-5-3-2-4-6-8/h2-6,9-10,13H,7H2,1H3. The summed E-state index contributed by atoms with van der Waals surface area (Å²) in [4.78, 5) is 0. The average Bonchev–Trinajstić information content (AvgIpc) is 2.48. The third-order valence-corrected chi connectivity index (χ3v) is 2.52. The number of thiol groups is 1. The molecule has 1 aliphatic heterocycles. The van der Waals surface area contributed by atoms with Crippen LogP contribution in [0.1, 0.15) is 0 Å². The highest BCUT2D eigenvalue weighted by Crippen LogP contribution is 2.21. The van der Waals surface area contributed by atoms with E-state index in [0.717, 1.165) is 12.4 Å². The van der Waals surface area contributed by atoms with Crippen molar-refractivity contribution in [2.45, 2.75) is 5.50 Å². The lowest BCUT2D eigenvalue weighted by atomic mass is 10.3. The van der Waals surface area contributed by atoms with E-state index in [1.807, 2.05) is 25.2 Å². The SMILES string of the molecule is CN1CNC(S)N1c1ccccc1. The van der Waals surface area contributed by atoms with Gasteiger partial charge < -0.3 is 0 Å². The van der Waals surface area contributed by atoms with Crippen LogP contribution in [0.25, 0.3) is 0 Å². The Morgan fingerprint density at radius 1 is 1.38 bits per heavy atom. The van der Waals surface area contributed by atoms with E-state index in [2.05, 4.69) is 40.1 Å². The van der Waals surface area contributed by atoms with Gasteiger partial charge in [-0.25, -0.2) is 5.01 Å². The van der Waals surface area contributed by atoms with Crippen LogP contribution in [0, 0.1) is 0 Å². The molecular weight excluding hydrogens is 182 g/mol. The van der Waals surface area contributed by atoms with E-state index in [-0.39, 0.29) is 5.50 Å². The Kier molecular flexibility index (Phi) is 2.44. The Morgan fingerprint density at radius 2 is 2.08 bits per heavy atom. The summed E-state index contributed by atoms with van der Waals surface area (Å²) in [5, 5.41) is 7.45. The van der Waals surface area contributed by atoms with Crippen molar-refractivity contribution in [3.05, 3.63) is 30.3 Å². The third-order valence-electron chi connectivity index (χ3n) is 2.12. The van der Waals surface area contributed by atoms with Crippen molar-refractivity contribution in [2.24, 2.45) is 0 Å². The van der Waals surface area contributed by atoms with Crippen LogP contribution in [0.5, 0.6) is 0 Å². The maximum absolute atomic E-state index is 4.43. The van der Waals surface area contributed by atoms with Gasteiger partial charge in [0.1, 0.15) is 5.50 Å². The summed E-state index contributed by atoms with van der Waals surface area (Å²) in [6, 6.07) is 10.2. The summed E-state index contributed by atoms with van der Waals surface area (Å²) in [6.45, 7) is 0.836. The smallest absolute Gasteiger partial charge is 0.141 e. The van der Waals surface area contributed by atoms with E-state index in [4.69, 9.17) is 0 Å². The van der Waals surface area contributed by atoms with Gasteiger partial charge in [-0.2, -0.15) is 0 Å². The van der Waals surface area contributed by atoms with Crippen molar-refractivity contribution >= 4 is 18.3 Å². The number of benzene rings is 1. The molecule has 4 heteroatoms. The maximum atomic E-state index is 4.43. The summed E-state index contributed by atoms with van der Waals surface area (Å²) in [6.07, 6.45) is 0. The summed E-state index contributed by atoms with van der Waals surface area (Å²) >= 11 is 4.43. The number of rotatable bonds is 1. The lowest BCUT2D eigenvalue weighted by Crippen LogP contribution is -2.37. The highest BCUT2D eigenvalue weighted by molar-refractivity contribution is 7.81. The van der Waals surface area contributed by atoms with E-state index in [1.165, 1.54) is 0 Å². The molecule has 13 heavy (non-hydrogen) atoms. The van der Waals surface area contributed by atoms with E-state index in [9.17, 15) is 0 Å². The van der Waals surface area contributed by atoms with E-state index in [1.54, 1.807) is 0 Å². The van der Waals surface area contributed by atoms with Crippen molar-refractivity contribution < 1.29 is 0 Å². The van der Waals surface area contributed by atoms with Gasteiger partial charge in [-0.3, -0.25) is 10.3 Å². The summed E-state index contributed by atoms with van der Waals surface area (Å²) < 4.78 is 0. The molecule has 2 rings (SSSR count). The predicted octanol–water partition coefficient (Wildman–Crippen LogP) is 1.11. The normalized spacial score (nSPS) is 23.8. The molecular formula is C9H13N3S. The molecule has 1 atom stereocenters. The minimum absolute atomic E-state index is 0.0763. The monoisotopic (exact) mass is 195 g/mol. The van der Waals surface area contributed by atoms with Gasteiger partial charge in [0.25, 0.3) is 0 Å². The highest BCUT2D eigenvalue weighted by Gasteiger charge is 2.25. The molecule has 1 aromatic carbocycles. The van der Waals surface area contributed by atoms with Crippen LogP contribution in [0.15, 0.2) is 30.3 Å². The molecule has 0 amide bonds. The zero-order valence-corrected chi connectivity index (χ0v) is 8.41. The highest BCUT2D eigenvalue weighted by atomic mass is 32.1. The second-order valence-corrected chi connectivity index (χ2v) is 3.56. The minimum Gasteiger partial charge on any atom is -0.278 e. The second kappa shape index (κ2) is 3.57. The van der Waals surface area contributed by atoms with Gasteiger partial charge in [0, 0.05) is 7.05 Å². The predicted molar refractivity (Wildman–Crippen MR) is 57.5 cm³/mol. The Labute approximate surface area is 83.7 Å². The van der Waals surface area contributed by atoms with Gasteiger partial charge in [-0.1, -0.05) is 18.2 Å². The minimum atomic E-state index is 0.0763. The van der Waals surface area contributed by atoms with E-state index >= 15 is 0 Å². The van der Waals surface area contributed by atoms with Gasteiger partial charge in [-0.05, 0) is 12.1 Å². The van der Waals surface area contributed by atoms with Crippen molar-refractivity contribution in [3.63, 3.8) is 0 Å². The fourth-order valence-corrected chi connectivity index (χ4v) is 1.87. The van der Waals surface area contributed by atoms with Crippen LogP contribution in [-0.2, 0) is 0 Å². The molecule has 1 heterocycles. The molecule has 1 saturated heterocycles. The summed E-state index contributed by atoms with van der Waals surface area (Å²) in [7, 11) is 2.04. The summed E-state index contributed by atoms with van der Waals surface area (Å²) in [5.74, 6) is 0. The van der Waals surface area contributed by atoms with E-state index in [0.29, 0.717) is 0 Å². The fraction of sp³-hybridized carbons (Fsp3) is 0.333. The third kappa shape index (κ3) is 1.65. The second-order valence-electron chi connectivity index (χ2n) is 3.07. The molecule has 0 radical (unpaired) electrons. The van der Waals surface area contributed by atoms with Crippen LogP contribution in [0.4, 0.5) is 5.69 Å². The number of nitrogens with one attached hydrogen (secondary N) is 1. The van der Waals surface area contributed by atoms with Gasteiger partial charge in [0.05, 0.1) is 12.4 Å². The number of anilines is 1. The quantitative estimate of drug-likeness (QED) is 0.655. The lowest BCUT2D eigenvalue weighted by molar-refractivity contribution is 0.375. The van der Waals surface area contributed by atoms with Crippen LogP contribution in [0.2, 0.25) is 0 Å². The molecule has 0 bridgehead atoms. The fourth-order valence-electron chi connectivity index (χ4n) is 1.48. The largest absolute Gasteiger partial charge is 0.278 e. The molecule has 70 valence electrons. The van der Waals surface area contributed by atoms with Crippen molar-refractivity contribution in [3.8, 4) is 0 Å². The number of para-hydroxylation sites is 1. The molecule has 1 fully saturated rings. The number of hydrogen-bond acceptors (Lipinski definition) is 4. The van der Waals surface area contributed by atoms with Crippen LogP contribution in [0.3, 0.4) is 0 Å². The van der Waals surface area contributed by atoms with Crippen LogP contribution in [-0.4, -0.2) is 24.2 Å². The molecule has 3 nitrogen and oxygen atoms in total. The first-order chi connectivity index (χ1) is 6.29. The van der Waals surface area contributed by atoms with Crippen molar-refractivity contribution in [2.75, 3.05) is 18.7 Å². The zero-order valence-electron chi connectivity index (χ0n) is 7.51. The molecule has 0 aromatic heterocycles. The molecule has 1 aliphatic rings. The Balaban J connectivity index is 2.25. The molecule has 1 aromatic rings. The van der Waals surface area contributed by atoms with Gasteiger partial charge in [-0.15, -0.1) is 12.6 Å². The van der Waals surface area contributed by atoms with Crippen LogP contribution >= 0.6 is 12.6 Å². The maximum Gasteiger partial charge on any atom is 0.141 e. The molecule has 1 N–H and O–H groups in total. The average molecular weight is 195 g/mol. The van der Waals surface area contributed by atoms with Gasteiger partial charge in [0.15, 0.2) is 0 Å². The van der Waals surface area contributed by atoms with Crippen molar-refractivity contribution in [1.29, 1.82) is 0 Å². The number of hydrogen-bond donors (Lipinski definition) is 2. The lowest BCUT2D eigenvalue weighted by Gasteiger charge is -2.27. The zero-order chi connectivity index (χ0) is 9.26. The molecule has 1 unspecified atom stereocenters. The Bertz CT molecular complexity index is 267. The Morgan fingerprint density at radius 3 is 2.62 bits per heavy atom. The molecule has 0 aliphatic carbocycles. The van der Waals surface area contributed by atoms with Gasteiger partial charge in [0.2, 0.25) is 0 Å². The van der Waals surface area contributed by atoms with Crippen molar-refractivity contribution in [1.82, 2.24) is 10.3 Å².